The highest BCUT2D eigenvalue weighted by molar-refractivity contribution is 5.91. The summed E-state index contributed by atoms with van der Waals surface area (Å²) in [5.74, 6) is -3.24. The van der Waals surface area contributed by atoms with Crippen LogP contribution in [0.4, 0.5) is 19.1 Å². The van der Waals surface area contributed by atoms with Crippen LogP contribution < -0.4 is 5.32 Å². The molecule has 0 aromatic carbocycles. The van der Waals surface area contributed by atoms with Gasteiger partial charge in [-0.2, -0.15) is 13.2 Å². The van der Waals surface area contributed by atoms with E-state index in [0.29, 0.717) is 49.2 Å². The molecule has 3 atom stereocenters. The molecule has 4 aliphatic rings. The Morgan fingerprint density at radius 2 is 1.85 bits per heavy atom. The maximum absolute atomic E-state index is 13.7. The smallest absolute Gasteiger partial charge is 0.395 e. The van der Waals surface area contributed by atoms with E-state index in [1.807, 2.05) is 0 Å². The van der Waals surface area contributed by atoms with Gasteiger partial charge in [-0.05, 0) is 56.7 Å². The fourth-order valence-electron chi connectivity index (χ4n) is 6.47. The number of carbonyl (C=O) groups is 3. The molecule has 3 fully saturated rings. The summed E-state index contributed by atoms with van der Waals surface area (Å²) < 4.78 is 42.7. The van der Waals surface area contributed by atoms with Crippen molar-refractivity contribution in [3.05, 3.63) is 35.8 Å². The average Bonchev–Trinajstić information content (AvgIpc) is 3.63. The third-order valence-corrected chi connectivity index (χ3v) is 8.88. The fourth-order valence-corrected chi connectivity index (χ4v) is 6.47. The topological polar surface area (TPSA) is 111 Å². The quantitative estimate of drug-likeness (QED) is 0.457. The molecule has 5 rings (SSSR count). The molecule has 224 valence electrons. The Kier molecular flexibility index (Phi) is 8.71. The lowest BCUT2D eigenvalue weighted by Gasteiger charge is -2.37. The zero-order valence-corrected chi connectivity index (χ0v) is 22.9. The van der Waals surface area contributed by atoms with Gasteiger partial charge in [0.2, 0.25) is 18.3 Å². The number of anilines is 1. The first-order chi connectivity index (χ1) is 19.6. The van der Waals surface area contributed by atoms with Gasteiger partial charge in [-0.1, -0.05) is 6.08 Å². The third-order valence-electron chi connectivity index (χ3n) is 8.88. The van der Waals surface area contributed by atoms with Crippen molar-refractivity contribution in [1.82, 2.24) is 24.3 Å². The molecule has 0 bridgehead atoms. The number of aromatic nitrogens is 2. The molecule has 2 unspecified atom stereocenters. The van der Waals surface area contributed by atoms with Crippen LogP contribution in [0, 0.1) is 17.8 Å². The standard InChI is InChI=1S/C28H37F3N6O4/c29-28(30,31)22-4-3-19(24(14-22)36-9-1-2-21(17-36)26(40)41)15-37-13-8-32-27(37)33-25(39)20-5-12-35(16-20)23-6-10-34(18-38)11-7-23/h3,8,13-14,18,20-23H,1-2,4-7,9-12,15-17H2,(H,40,41)(H,32,33,39)/t20?,21-,22?/m1/s1. The van der Waals surface area contributed by atoms with Gasteiger partial charge >= 0.3 is 12.1 Å². The zero-order chi connectivity index (χ0) is 29.1. The minimum Gasteiger partial charge on any atom is -0.481 e. The molecular formula is C28H37F3N6O4. The van der Waals surface area contributed by atoms with Crippen molar-refractivity contribution < 1.29 is 32.7 Å². The number of aliphatic carboxylic acids is 1. The molecular weight excluding hydrogens is 541 g/mol. The maximum Gasteiger partial charge on any atom is 0.395 e. The second-order valence-corrected chi connectivity index (χ2v) is 11.5. The van der Waals surface area contributed by atoms with Crippen LogP contribution in [0.1, 0.15) is 38.5 Å². The number of amides is 2. The number of nitrogens with one attached hydrogen (secondary N) is 1. The molecule has 3 aliphatic heterocycles. The lowest BCUT2D eigenvalue weighted by molar-refractivity contribution is -0.161. The predicted molar refractivity (Wildman–Crippen MR) is 143 cm³/mol. The van der Waals surface area contributed by atoms with Crippen LogP contribution in [0.25, 0.3) is 0 Å². The van der Waals surface area contributed by atoms with Crippen molar-refractivity contribution in [3.63, 3.8) is 0 Å². The number of carboxylic acids is 1. The average molecular weight is 579 g/mol. The zero-order valence-electron chi connectivity index (χ0n) is 22.9. The van der Waals surface area contributed by atoms with Crippen molar-refractivity contribution in [2.24, 2.45) is 17.8 Å². The molecule has 1 aliphatic carbocycles. The number of carboxylic acid groups (broad SMARTS) is 1. The number of alkyl halides is 3. The van der Waals surface area contributed by atoms with Crippen LogP contribution in [-0.4, -0.2) is 99.1 Å². The molecule has 41 heavy (non-hydrogen) atoms. The van der Waals surface area contributed by atoms with Gasteiger partial charge < -0.3 is 19.5 Å². The van der Waals surface area contributed by atoms with Gasteiger partial charge in [0.25, 0.3) is 0 Å². The third kappa shape index (κ3) is 6.77. The molecule has 2 N–H and O–H groups in total. The molecule has 0 radical (unpaired) electrons. The van der Waals surface area contributed by atoms with Crippen LogP contribution in [0.3, 0.4) is 0 Å². The molecule has 4 heterocycles. The first kappa shape index (κ1) is 29.2. The number of likely N-dealkylation sites (tertiary alicyclic amines) is 3. The van der Waals surface area contributed by atoms with Gasteiger partial charge in [-0.15, -0.1) is 0 Å². The summed E-state index contributed by atoms with van der Waals surface area (Å²) in [7, 11) is 0. The summed E-state index contributed by atoms with van der Waals surface area (Å²) in [5, 5.41) is 12.4. The molecule has 13 heteroatoms. The molecule has 1 aromatic rings. The first-order valence-electron chi connectivity index (χ1n) is 14.3. The van der Waals surface area contributed by atoms with E-state index in [4.69, 9.17) is 0 Å². The Balaban J connectivity index is 1.24. The second-order valence-electron chi connectivity index (χ2n) is 11.5. The van der Waals surface area contributed by atoms with E-state index < -0.39 is 24.0 Å². The van der Waals surface area contributed by atoms with E-state index in [0.717, 1.165) is 45.3 Å². The van der Waals surface area contributed by atoms with Gasteiger partial charge in [0.1, 0.15) is 0 Å². The SMILES string of the molecule is O=CN1CCC(N2CCC(C(=O)Nc3nccn3CC3=CCC(C(F)(F)F)C=C3N3CCC[C@@H](C(=O)O)C3)C2)CC1. The Bertz CT molecular complexity index is 1190. The Hall–Kier alpha value is -3.35. The predicted octanol–water partition coefficient (Wildman–Crippen LogP) is 2.95. The lowest BCUT2D eigenvalue weighted by Crippen LogP contribution is -2.44. The molecule has 1 aromatic heterocycles. The van der Waals surface area contributed by atoms with E-state index in [-0.39, 0.29) is 31.3 Å². The molecule has 0 saturated carbocycles. The number of carbonyl (C=O) groups excluding carboxylic acids is 2. The highest BCUT2D eigenvalue weighted by atomic mass is 19.4. The summed E-state index contributed by atoms with van der Waals surface area (Å²) in [6, 6.07) is 0.352. The van der Waals surface area contributed by atoms with E-state index in [9.17, 15) is 32.7 Å². The highest BCUT2D eigenvalue weighted by Gasteiger charge is 2.41. The summed E-state index contributed by atoms with van der Waals surface area (Å²) in [5.41, 5.74) is 1.06. The Morgan fingerprint density at radius 3 is 2.56 bits per heavy atom. The number of nitrogens with zero attached hydrogens (tertiary/aromatic N) is 5. The van der Waals surface area contributed by atoms with Crippen LogP contribution >= 0.6 is 0 Å². The summed E-state index contributed by atoms with van der Waals surface area (Å²) in [6.45, 7) is 3.74. The summed E-state index contributed by atoms with van der Waals surface area (Å²) >= 11 is 0. The molecule has 3 saturated heterocycles. The largest absolute Gasteiger partial charge is 0.481 e. The number of imidazole rings is 1. The molecule has 0 spiro atoms. The second kappa shape index (κ2) is 12.3. The van der Waals surface area contributed by atoms with Gasteiger partial charge in [-0.3, -0.25) is 24.6 Å². The summed E-state index contributed by atoms with van der Waals surface area (Å²) in [4.78, 5) is 46.0. The first-order valence-corrected chi connectivity index (χ1v) is 14.3. The van der Waals surface area contributed by atoms with Crippen molar-refractivity contribution in [2.45, 2.75) is 57.3 Å². The van der Waals surface area contributed by atoms with Crippen LogP contribution in [-0.2, 0) is 20.9 Å². The number of hydrogen-bond acceptors (Lipinski definition) is 6. The van der Waals surface area contributed by atoms with Gasteiger partial charge in [0, 0.05) is 56.9 Å². The number of hydrogen-bond donors (Lipinski definition) is 2. The molecule has 2 amide bonds. The van der Waals surface area contributed by atoms with E-state index in [1.54, 1.807) is 32.8 Å². The Morgan fingerprint density at radius 1 is 1.07 bits per heavy atom. The van der Waals surface area contributed by atoms with Crippen LogP contribution in [0.2, 0.25) is 0 Å². The van der Waals surface area contributed by atoms with Crippen molar-refractivity contribution in [3.8, 4) is 0 Å². The number of halogens is 3. The minimum atomic E-state index is -4.40. The monoisotopic (exact) mass is 578 g/mol. The number of rotatable bonds is 8. The van der Waals surface area contributed by atoms with Crippen molar-refractivity contribution in [1.29, 1.82) is 0 Å². The molecule has 10 nitrogen and oxygen atoms in total. The van der Waals surface area contributed by atoms with Gasteiger partial charge in [-0.25, -0.2) is 4.98 Å². The van der Waals surface area contributed by atoms with Gasteiger partial charge in [0.05, 0.1) is 24.3 Å². The van der Waals surface area contributed by atoms with E-state index in [1.165, 1.54) is 6.08 Å². The van der Waals surface area contributed by atoms with Crippen LogP contribution in [0.15, 0.2) is 35.8 Å². The maximum atomic E-state index is 13.7. The highest BCUT2D eigenvalue weighted by Crippen LogP contribution is 2.38. The minimum absolute atomic E-state index is 0.142. The summed E-state index contributed by atoms with van der Waals surface area (Å²) in [6.07, 6.45) is 5.90. The van der Waals surface area contributed by atoms with E-state index in [2.05, 4.69) is 15.2 Å². The number of allylic oxidation sites excluding steroid dienone is 3. The van der Waals surface area contributed by atoms with E-state index >= 15 is 0 Å². The fraction of sp³-hybridized carbons (Fsp3) is 0.643. The van der Waals surface area contributed by atoms with Crippen molar-refractivity contribution >= 4 is 24.2 Å². The Labute approximate surface area is 236 Å². The van der Waals surface area contributed by atoms with Gasteiger partial charge in [0.15, 0.2) is 0 Å². The van der Waals surface area contributed by atoms with Crippen molar-refractivity contribution in [2.75, 3.05) is 44.6 Å². The lowest BCUT2D eigenvalue weighted by atomic mass is 9.90. The van der Waals surface area contributed by atoms with Crippen LogP contribution in [0.5, 0.6) is 0 Å². The number of piperidine rings is 2. The normalized spacial score (nSPS) is 26.5.